The highest BCUT2D eigenvalue weighted by Crippen LogP contribution is 2.30. The Hall–Kier alpha value is -2.15. The molecule has 0 spiro atoms. The molecule has 2 N–H and O–H groups in total. The van der Waals surface area contributed by atoms with Crippen molar-refractivity contribution >= 4 is 5.91 Å². The molecule has 0 radical (unpaired) electrons. The number of carbonyl (C=O) groups is 1. The molecule has 0 unspecified atom stereocenters. The molecule has 1 fully saturated rings. The molecule has 3 atom stereocenters. The van der Waals surface area contributed by atoms with E-state index in [0.717, 1.165) is 30.8 Å². The lowest BCUT2D eigenvalue weighted by molar-refractivity contribution is 0.0389. The van der Waals surface area contributed by atoms with Crippen molar-refractivity contribution in [2.45, 2.75) is 77.6 Å². The van der Waals surface area contributed by atoms with Crippen LogP contribution in [0.15, 0.2) is 18.5 Å². The van der Waals surface area contributed by atoms with Gasteiger partial charge in [0.1, 0.15) is 11.5 Å². The summed E-state index contributed by atoms with van der Waals surface area (Å²) in [7, 11) is 0. The van der Waals surface area contributed by atoms with Crippen LogP contribution in [0.5, 0.6) is 0 Å². The SMILES string of the molecule is CCn1nc(C(C)C)cc1C(=O)N[C@@H]1CCC[C@@H](n2ccnc2C)[C@@H]1O. The van der Waals surface area contributed by atoms with Crippen molar-refractivity contribution in [2.75, 3.05) is 0 Å². The summed E-state index contributed by atoms with van der Waals surface area (Å²) >= 11 is 0. The predicted octanol–water partition coefficient (Wildman–Crippen LogP) is 2.42. The Morgan fingerprint density at radius 2 is 2.19 bits per heavy atom. The zero-order valence-electron chi connectivity index (χ0n) is 16.0. The summed E-state index contributed by atoms with van der Waals surface area (Å²) in [6.07, 6.45) is 5.62. The molecule has 7 nitrogen and oxygen atoms in total. The summed E-state index contributed by atoms with van der Waals surface area (Å²) in [5, 5.41) is 18.4. The quantitative estimate of drug-likeness (QED) is 0.858. The van der Waals surface area contributed by atoms with Crippen LogP contribution in [-0.4, -0.2) is 42.5 Å². The first-order valence-electron chi connectivity index (χ1n) is 9.48. The summed E-state index contributed by atoms with van der Waals surface area (Å²) < 4.78 is 3.74. The molecule has 0 saturated heterocycles. The van der Waals surface area contributed by atoms with Crippen LogP contribution in [0.3, 0.4) is 0 Å². The predicted molar refractivity (Wildman–Crippen MR) is 99.1 cm³/mol. The molecular formula is C19H29N5O2. The van der Waals surface area contributed by atoms with Gasteiger partial charge in [-0.05, 0) is 45.1 Å². The normalized spacial score (nSPS) is 23.4. The summed E-state index contributed by atoms with van der Waals surface area (Å²) in [6, 6.07) is 1.53. The lowest BCUT2D eigenvalue weighted by Gasteiger charge is -2.36. The fourth-order valence-electron chi connectivity index (χ4n) is 3.74. The number of aliphatic hydroxyl groups excluding tert-OH is 1. The molecule has 0 bridgehead atoms. The molecule has 7 heteroatoms. The van der Waals surface area contributed by atoms with E-state index in [4.69, 9.17) is 0 Å². The fourth-order valence-corrected chi connectivity index (χ4v) is 3.74. The fraction of sp³-hybridized carbons (Fsp3) is 0.632. The number of nitrogens with zero attached hydrogens (tertiary/aromatic N) is 4. The van der Waals surface area contributed by atoms with Gasteiger partial charge in [-0.3, -0.25) is 9.48 Å². The molecule has 2 aromatic rings. The molecular weight excluding hydrogens is 330 g/mol. The van der Waals surface area contributed by atoms with Crippen molar-refractivity contribution in [1.82, 2.24) is 24.6 Å². The second-order valence-corrected chi connectivity index (χ2v) is 7.38. The minimum atomic E-state index is -0.636. The molecule has 142 valence electrons. The molecule has 1 aliphatic carbocycles. The van der Waals surface area contributed by atoms with Crippen LogP contribution in [0, 0.1) is 6.92 Å². The topological polar surface area (TPSA) is 85.0 Å². The highest BCUT2D eigenvalue weighted by Gasteiger charge is 2.35. The van der Waals surface area contributed by atoms with Crippen molar-refractivity contribution in [3.63, 3.8) is 0 Å². The van der Waals surface area contributed by atoms with Crippen LogP contribution >= 0.6 is 0 Å². The van der Waals surface area contributed by atoms with Gasteiger partial charge in [0.2, 0.25) is 0 Å². The van der Waals surface area contributed by atoms with E-state index in [2.05, 4.69) is 29.2 Å². The lowest BCUT2D eigenvalue weighted by Crippen LogP contribution is -2.49. The summed E-state index contributed by atoms with van der Waals surface area (Å²) in [6.45, 7) is 8.67. The smallest absolute Gasteiger partial charge is 0.269 e. The third-order valence-electron chi connectivity index (χ3n) is 5.28. The Kier molecular flexibility index (Phi) is 5.46. The number of hydrogen-bond acceptors (Lipinski definition) is 4. The van der Waals surface area contributed by atoms with Crippen molar-refractivity contribution < 1.29 is 9.90 Å². The van der Waals surface area contributed by atoms with E-state index in [1.165, 1.54) is 0 Å². The zero-order chi connectivity index (χ0) is 18.8. The van der Waals surface area contributed by atoms with Gasteiger partial charge in [-0.25, -0.2) is 4.98 Å². The van der Waals surface area contributed by atoms with Gasteiger partial charge in [0, 0.05) is 18.9 Å². The van der Waals surface area contributed by atoms with E-state index in [9.17, 15) is 9.90 Å². The van der Waals surface area contributed by atoms with Crippen LogP contribution in [0.1, 0.15) is 74.0 Å². The number of aliphatic hydroxyl groups is 1. The molecule has 0 aliphatic heterocycles. The Bertz CT molecular complexity index is 764. The van der Waals surface area contributed by atoms with Gasteiger partial charge in [0.05, 0.1) is 23.9 Å². The van der Waals surface area contributed by atoms with Gasteiger partial charge in [-0.2, -0.15) is 5.10 Å². The average molecular weight is 359 g/mol. The lowest BCUT2D eigenvalue weighted by atomic mass is 9.87. The average Bonchev–Trinajstić information content (AvgIpc) is 3.23. The maximum atomic E-state index is 12.8. The van der Waals surface area contributed by atoms with E-state index in [0.29, 0.717) is 12.2 Å². The van der Waals surface area contributed by atoms with Gasteiger partial charge in [0.15, 0.2) is 0 Å². The van der Waals surface area contributed by atoms with Crippen LogP contribution in [-0.2, 0) is 6.54 Å². The monoisotopic (exact) mass is 359 g/mol. The first-order chi connectivity index (χ1) is 12.4. The van der Waals surface area contributed by atoms with Crippen molar-refractivity contribution in [3.8, 4) is 0 Å². The van der Waals surface area contributed by atoms with Crippen LogP contribution in [0.25, 0.3) is 0 Å². The number of amides is 1. The highest BCUT2D eigenvalue weighted by molar-refractivity contribution is 5.93. The van der Waals surface area contributed by atoms with E-state index in [1.54, 1.807) is 10.9 Å². The van der Waals surface area contributed by atoms with Gasteiger partial charge < -0.3 is 15.0 Å². The van der Waals surface area contributed by atoms with Crippen molar-refractivity contribution in [1.29, 1.82) is 0 Å². The number of carbonyl (C=O) groups excluding carboxylic acids is 1. The zero-order valence-corrected chi connectivity index (χ0v) is 16.0. The number of aryl methyl sites for hydroxylation is 2. The van der Waals surface area contributed by atoms with Crippen molar-refractivity contribution in [3.05, 3.63) is 35.7 Å². The molecule has 2 aromatic heterocycles. The number of aromatic nitrogens is 4. The van der Waals surface area contributed by atoms with Crippen molar-refractivity contribution in [2.24, 2.45) is 0 Å². The Morgan fingerprint density at radius 1 is 1.42 bits per heavy atom. The molecule has 0 aromatic carbocycles. The number of imidazole rings is 1. The molecule has 1 aliphatic rings. The first-order valence-corrected chi connectivity index (χ1v) is 9.48. The van der Waals surface area contributed by atoms with E-state index < -0.39 is 6.10 Å². The standard InChI is InChI=1S/C19H29N5O2/c1-5-24-17(11-15(22-24)12(2)3)19(26)21-14-7-6-8-16(18(14)25)23-10-9-20-13(23)4/h9-12,14,16,18,25H,5-8H2,1-4H3,(H,21,26)/t14-,16-,18-/m1/s1. The molecule has 3 rings (SSSR count). The number of nitrogens with one attached hydrogen (secondary N) is 1. The molecule has 1 amide bonds. The molecule has 1 saturated carbocycles. The Labute approximate surface area is 154 Å². The van der Waals surface area contributed by atoms with E-state index in [-0.39, 0.29) is 23.9 Å². The van der Waals surface area contributed by atoms with Crippen LogP contribution in [0.4, 0.5) is 0 Å². The Morgan fingerprint density at radius 3 is 2.81 bits per heavy atom. The van der Waals surface area contributed by atoms with Crippen LogP contribution in [0.2, 0.25) is 0 Å². The summed E-state index contributed by atoms with van der Waals surface area (Å²) in [5.74, 6) is 0.980. The van der Waals surface area contributed by atoms with Gasteiger partial charge >= 0.3 is 0 Å². The maximum absolute atomic E-state index is 12.8. The minimum absolute atomic E-state index is 0.0566. The molecule has 26 heavy (non-hydrogen) atoms. The van der Waals surface area contributed by atoms with Crippen LogP contribution < -0.4 is 5.32 Å². The van der Waals surface area contributed by atoms with Gasteiger partial charge in [0.25, 0.3) is 5.91 Å². The molecule has 2 heterocycles. The number of hydrogen-bond donors (Lipinski definition) is 2. The summed E-state index contributed by atoms with van der Waals surface area (Å²) in [4.78, 5) is 17.1. The summed E-state index contributed by atoms with van der Waals surface area (Å²) in [5.41, 5.74) is 1.47. The van der Waals surface area contributed by atoms with E-state index >= 15 is 0 Å². The van der Waals surface area contributed by atoms with Gasteiger partial charge in [-0.15, -0.1) is 0 Å². The minimum Gasteiger partial charge on any atom is -0.389 e. The Balaban J connectivity index is 1.76. The van der Waals surface area contributed by atoms with Gasteiger partial charge in [-0.1, -0.05) is 13.8 Å². The third-order valence-corrected chi connectivity index (χ3v) is 5.28. The second-order valence-electron chi connectivity index (χ2n) is 7.38. The third kappa shape index (κ3) is 3.53. The maximum Gasteiger partial charge on any atom is 0.269 e. The largest absolute Gasteiger partial charge is 0.389 e. The first kappa shape index (κ1) is 18.6. The second kappa shape index (κ2) is 7.61. The highest BCUT2D eigenvalue weighted by atomic mass is 16.3. The number of rotatable bonds is 5. The van der Waals surface area contributed by atoms with E-state index in [1.807, 2.05) is 30.7 Å².